The first-order valence-corrected chi connectivity index (χ1v) is 7.49. The zero-order valence-corrected chi connectivity index (χ0v) is 13.5. The molecule has 0 radical (unpaired) electrons. The molecular weight excluding hydrogens is 316 g/mol. The largest absolute Gasteiger partial charge is 0.469 e. The second-order valence-corrected chi connectivity index (χ2v) is 5.29. The van der Waals surface area contributed by atoms with Gasteiger partial charge in [-0.05, 0) is 23.8 Å². The van der Waals surface area contributed by atoms with Crippen LogP contribution in [0, 0.1) is 0 Å². The molecule has 1 heterocycles. The van der Waals surface area contributed by atoms with Crippen molar-refractivity contribution in [3.05, 3.63) is 64.9 Å². The summed E-state index contributed by atoms with van der Waals surface area (Å²) in [4.78, 5) is 29.5. The number of amides is 1. The summed E-state index contributed by atoms with van der Waals surface area (Å²) in [5, 5.41) is 0.582. The Morgan fingerprint density at radius 3 is 2.52 bits per heavy atom. The van der Waals surface area contributed by atoms with Crippen molar-refractivity contribution in [3.8, 4) is 0 Å². The van der Waals surface area contributed by atoms with Crippen molar-refractivity contribution in [2.45, 2.75) is 13.0 Å². The predicted octanol–water partition coefficient (Wildman–Crippen LogP) is 2.94. The first kappa shape index (κ1) is 17.0. The Morgan fingerprint density at radius 1 is 1.17 bits per heavy atom. The minimum atomic E-state index is -0.364. The van der Waals surface area contributed by atoms with Crippen molar-refractivity contribution in [2.24, 2.45) is 0 Å². The lowest BCUT2D eigenvalue weighted by atomic mass is 10.1. The number of rotatable bonds is 6. The Labute approximate surface area is 139 Å². The van der Waals surface area contributed by atoms with Crippen LogP contribution in [0.3, 0.4) is 0 Å². The van der Waals surface area contributed by atoms with Gasteiger partial charge in [-0.3, -0.25) is 14.6 Å². The molecule has 0 aliphatic heterocycles. The summed E-state index contributed by atoms with van der Waals surface area (Å²) >= 11 is 6.17. The van der Waals surface area contributed by atoms with Crippen molar-refractivity contribution < 1.29 is 14.3 Å². The summed E-state index contributed by atoms with van der Waals surface area (Å²) in [5.41, 5.74) is 1.33. The lowest BCUT2D eigenvalue weighted by Gasteiger charge is -2.23. The number of pyridine rings is 1. The van der Waals surface area contributed by atoms with E-state index in [4.69, 9.17) is 11.6 Å². The molecule has 6 heteroatoms. The monoisotopic (exact) mass is 332 g/mol. The molecule has 0 aliphatic rings. The van der Waals surface area contributed by atoms with Gasteiger partial charge in [0.1, 0.15) is 0 Å². The molecule has 0 saturated carbocycles. The molecule has 2 aromatic rings. The van der Waals surface area contributed by atoms with E-state index >= 15 is 0 Å². The Balaban J connectivity index is 2.19. The number of benzene rings is 1. The number of nitrogens with zero attached hydrogens (tertiary/aromatic N) is 2. The van der Waals surface area contributed by atoms with Crippen molar-refractivity contribution >= 4 is 23.5 Å². The van der Waals surface area contributed by atoms with E-state index in [9.17, 15) is 9.59 Å². The van der Waals surface area contributed by atoms with E-state index in [1.54, 1.807) is 35.5 Å². The van der Waals surface area contributed by atoms with E-state index in [2.05, 4.69) is 9.72 Å². The third-order valence-corrected chi connectivity index (χ3v) is 3.72. The van der Waals surface area contributed by atoms with E-state index < -0.39 is 0 Å². The molecule has 2 rings (SSSR count). The highest BCUT2D eigenvalue weighted by atomic mass is 35.5. The topological polar surface area (TPSA) is 59.5 Å². The minimum absolute atomic E-state index is 0.123. The number of ether oxygens (including phenoxy) is 1. The van der Waals surface area contributed by atoms with Crippen molar-refractivity contribution in [1.29, 1.82) is 0 Å². The SMILES string of the molecule is COC(=O)CCN(Cc1ccccc1Cl)C(=O)c1ccncc1. The Hall–Kier alpha value is -2.40. The number of carbonyl (C=O) groups excluding carboxylic acids is 2. The maximum Gasteiger partial charge on any atom is 0.307 e. The second kappa shape index (κ2) is 8.29. The lowest BCUT2D eigenvalue weighted by molar-refractivity contribution is -0.140. The molecule has 1 aromatic heterocycles. The number of carbonyl (C=O) groups is 2. The van der Waals surface area contributed by atoms with Crippen LogP contribution < -0.4 is 0 Å². The standard InChI is InChI=1S/C17H17ClN2O3/c1-23-16(21)8-11-20(12-14-4-2-3-5-15(14)18)17(22)13-6-9-19-10-7-13/h2-7,9-10H,8,11-12H2,1H3. The minimum Gasteiger partial charge on any atom is -0.469 e. The van der Waals surface area contributed by atoms with E-state index in [1.165, 1.54) is 7.11 Å². The number of esters is 1. The zero-order chi connectivity index (χ0) is 16.7. The molecule has 0 atom stereocenters. The van der Waals surface area contributed by atoms with Gasteiger partial charge < -0.3 is 9.64 Å². The van der Waals surface area contributed by atoms with Gasteiger partial charge in [-0.1, -0.05) is 29.8 Å². The highest BCUT2D eigenvalue weighted by molar-refractivity contribution is 6.31. The Morgan fingerprint density at radius 2 is 1.87 bits per heavy atom. The van der Waals surface area contributed by atoms with Crippen LogP contribution >= 0.6 is 11.6 Å². The summed E-state index contributed by atoms with van der Waals surface area (Å²) < 4.78 is 4.65. The van der Waals surface area contributed by atoms with Crippen molar-refractivity contribution in [1.82, 2.24) is 9.88 Å². The molecule has 23 heavy (non-hydrogen) atoms. The van der Waals surface area contributed by atoms with Gasteiger partial charge in [0.25, 0.3) is 5.91 Å². The number of halogens is 1. The molecule has 0 N–H and O–H groups in total. The first-order chi connectivity index (χ1) is 11.1. The van der Waals surface area contributed by atoms with E-state index in [-0.39, 0.29) is 24.8 Å². The number of hydrogen-bond acceptors (Lipinski definition) is 4. The average molecular weight is 333 g/mol. The van der Waals surface area contributed by atoms with Gasteiger partial charge in [-0.15, -0.1) is 0 Å². The van der Waals surface area contributed by atoms with Gasteiger partial charge in [0.05, 0.1) is 13.5 Å². The summed E-state index contributed by atoms with van der Waals surface area (Å²) in [5.74, 6) is -0.548. The summed E-state index contributed by atoms with van der Waals surface area (Å²) in [7, 11) is 1.32. The fraction of sp³-hybridized carbons (Fsp3) is 0.235. The molecule has 1 aromatic carbocycles. The second-order valence-electron chi connectivity index (χ2n) is 4.88. The van der Waals surface area contributed by atoms with Gasteiger partial charge in [-0.2, -0.15) is 0 Å². The number of methoxy groups -OCH3 is 1. The van der Waals surface area contributed by atoms with E-state index in [0.29, 0.717) is 17.1 Å². The fourth-order valence-corrected chi connectivity index (χ4v) is 2.29. The Kier molecular flexibility index (Phi) is 6.11. The number of hydrogen-bond donors (Lipinski definition) is 0. The van der Waals surface area contributed by atoms with Gasteiger partial charge in [-0.25, -0.2) is 0 Å². The van der Waals surface area contributed by atoms with Crippen LogP contribution in [0.1, 0.15) is 22.3 Å². The molecule has 0 spiro atoms. The molecular formula is C17H17ClN2O3. The lowest BCUT2D eigenvalue weighted by Crippen LogP contribution is -2.33. The smallest absolute Gasteiger partial charge is 0.307 e. The third kappa shape index (κ3) is 4.79. The van der Waals surface area contributed by atoms with Crippen LogP contribution in [-0.2, 0) is 16.1 Å². The number of aromatic nitrogens is 1. The Bertz CT molecular complexity index is 677. The first-order valence-electron chi connectivity index (χ1n) is 7.11. The summed E-state index contributed by atoms with van der Waals surface area (Å²) in [6.45, 7) is 0.566. The maximum absolute atomic E-state index is 12.7. The quantitative estimate of drug-likeness (QED) is 0.763. The molecule has 1 amide bonds. The van der Waals surface area contributed by atoms with Crippen molar-refractivity contribution in [3.63, 3.8) is 0 Å². The highest BCUT2D eigenvalue weighted by Gasteiger charge is 2.18. The van der Waals surface area contributed by atoms with Crippen LogP contribution in [0.5, 0.6) is 0 Å². The van der Waals surface area contributed by atoms with Gasteiger partial charge >= 0.3 is 5.97 Å². The van der Waals surface area contributed by atoms with E-state index in [0.717, 1.165) is 5.56 Å². The molecule has 5 nitrogen and oxygen atoms in total. The van der Waals surface area contributed by atoms with Gasteiger partial charge in [0.2, 0.25) is 0 Å². The third-order valence-electron chi connectivity index (χ3n) is 3.35. The van der Waals surface area contributed by atoms with Crippen LogP contribution in [-0.4, -0.2) is 35.4 Å². The van der Waals surface area contributed by atoms with Crippen molar-refractivity contribution in [2.75, 3.05) is 13.7 Å². The van der Waals surface area contributed by atoms with Crippen LogP contribution in [0.25, 0.3) is 0 Å². The highest BCUT2D eigenvalue weighted by Crippen LogP contribution is 2.18. The normalized spacial score (nSPS) is 10.2. The van der Waals surface area contributed by atoms with Gasteiger partial charge in [0.15, 0.2) is 0 Å². The van der Waals surface area contributed by atoms with Crippen LogP contribution in [0.2, 0.25) is 5.02 Å². The van der Waals surface area contributed by atoms with Crippen LogP contribution in [0.15, 0.2) is 48.8 Å². The zero-order valence-electron chi connectivity index (χ0n) is 12.7. The van der Waals surface area contributed by atoms with Gasteiger partial charge in [0, 0.05) is 36.1 Å². The molecule has 120 valence electrons. The molecule has 0 aliphatic carbocycles. The fourth-order valence-electron chi connectivity index (χ4n) is 2.09. The molecule has 0 fully saturated rings. The van der Waals surface area contributed by atoms with Crippen LogP contribution in [0.4, 0.5) is 0 Å². The molecule has 0 unspecified atom stereocenters. The summed E-state index contributed by atoms with van der Waals surface area (Å²) in [6.07, 6.45) is 3.24. The maximum atomic E-state index is 12.7. The average Bonchev–Trinajstić information content (AvgIpc) is 2.60. The van der Waals surface area contributed by atoms with E-state index in [1.807, 2.05) is 18.2 Å². The predicted molar refractivity (Wildman–Crippen MR) is 87.1 cm³/mol. The molecule has 0 saturated heterocycles. The molecule has 0 bridgehead atoms. The summed E-state index contributed by atoms with van der Waals surface area (Å²) in [6, 6.07) is 10.6.